The first kappa shape index (κ1) is 16.8. The molecule has 1 aliphatic heterocycles. The smallest absolute Gasteiger partial charge is 0.223 e. The minimum atomic E-state index is -0.568. The largest absolute Gasteiger partial charge is 0.504 e. The number of methoxy groups -OCH3 is 1. The van der Waals surface area contributed by atoms with Gasteiger partial charge < -0.3 is 24.5 Å². The number of aryl methyl sites for hydroxylation is 1. The predicted molar refractivity (Wildman–Crippen MR) is 101 cm³/mol. The lowest BCUT2D eigenvalue weighted by Gasteiger charge is -2.17. The Labute approximate surface area is 153 Å². The lowest BCUT2D eigenvalue weighted by atomic mass is 9.92. The fourth-order valence-electron chi connectivity index (χ4n) is 3.22. The van der Waals surface area contributed by atoms with Crippen molar-refractivity contribution in [3.05, 3.63) is 58.3 Å². The van der Waals surface area contributed by atoms with Crippen molar-refractivity contribution in [3.8, 4) is 45.4 Å². The van der Waals surface area contributed by atoms with Gasteiger partial charge in [-0.1, -0.05) is 12.1 Å². The summed E-state index contributed by atoms with van der Waals surface area (Å²) in [6, 6.07) is 10.8. The summed E-state index contributed by atoms with van der Waals surface area (Å²) in [5.74, 6) is -0.117. The van der Waals surface area contributed by atoms with E-state index >= 15 is 0 Å². The number of rotatable bonds is 2. The van der Waals surface area contributed by atoms with Gasteiger partial charge >= 0.3 is 0 Å². The molecular formula is C21H16O6. The second kappa shape index (κ2) is 5.95. The minimum absolute atomic E-state index is 0.255. The van der Waals surface area contributed by atoms with E-state index in [1.807, 2.05) is 25.1 Å². The summed E-state index contributed by atoms with van der Waals surface area (Å²) in [5, 5.41) is 30.3. The Morgan fingerprint density at radius 3 is 2.41 bits per heavy atom. The number of phenolic OH excluding ortho intramolecular Hbond substituents is 3. The zero-order chi connectivity index (χ0) is 19.3. The first-order chi connectivity index (χ1) is 12.9. The van der Waals surface area contributed by atoms with E-state index in [1.54, 1.807) is 7.11 Å². The van der Waals surface area contributed by atoms with E-state index in [4.69, 9.17) is 9.15 Å². The molecule has 1 aliphatic carbocycles. The molecule has 136 valence electrons. The molecule has 0 saturated carbocycles. The van der Waals surface area contributed by atoms with Crippen LogP contribution in [0.3, 0.4) is 0 Å². The average Bonchev–Trinajstić information content (AvgIpc) is 2.63. The van der Waals surface area contributed by atoms with Gasteiger partial charge in [0.25, 0.3) is 0 Å². The van der Waals surface area contributed by atoms with Gasteiger partial charge in [0, 0.05) is 28.6 Å². The van der Waals surface area contributed by atoms with E-state index in [2.05, 4.69) is 0 Å². The summed E-state index contributed by atoms with van der Waals surface area (Å²) in [7, 11) is 1.57. The van der Waals surface area contributed by atoms with Crippen LogP contribution in [-0.2, 0) is 0 Å². The van der Waals surface area contributed by atoms with Crippen LogP contribution < -0.4 is 10.2 Å². The maximum Gasteiger partial charge on any atom is 0.223 e. The molecule has 0 bridgehead atoms. The number of phenols is 3. The third-order valence-electron chi connectivity index (χ3n) is 4.59. The highest BCUT2D eigenvalue weighted by Crippen LogP contribution is 2.44. The highest BCUT2D eigenvalue weighted by atomic mass is 16.5. The summed E-state index contributed by atoms with van der Waals surface area (Å²) in [6.07, 6.45) is 0. The molecule has 0 spiro atoms. The molecule has 27 heavy (non-hydrogen) atoms. The molecule has 6 nitrogen and oxygen atoms in total. The third kappa shape index (κ3) is 2.62. The highest BCUT2D eigenvalue weighted by Gasteiger charge is 2.21. The van der Waals surface area contributed by atoms with E-state index in [1.165, 1.54) is 24.3 Å². The van der Waals surface area contributed by atoms with Crippen LogP contribution in [0.15, 0.2) is 51.7 Å². The second-order valence-corrected chi connectivity index (χ2v) is 6.31. The van der Waals surface area contributed by atoms with Crippen LogP contribution in [0.2, 0.25) is 0 Å². The quantitative estimate of drug-likeness (QED) is 0.367. The van der Waals surface area contributed by atoms with Crippen molar-refractivity contribution in [1.82, 2.24) is 0 Å². The number of benzene rings is 3. The van der Waals surface area contributed by atoms with Crippen LogP contribution in [0, 0.1) is 6.92 Å². The second-order valence-electron chi connectivity index (χ2n) is 6.31. The van der Waals surface area contributed by atoms with E-state index in [0.29, 0.717) is 22.3 Å². The molecule has 6 heteroatoms. The molecule has 0 fully saturated rings. The fraction of sp³-hybridized carbons (Fsp3) is 0.0952. The monoisotopic (exact) mass is 364 g/mol. The Balaban J connectivity index is 2.20. The van der Waals surface area contributed by atoms with Crippen molar-refractivity contribution < 1.29 is 24.5 Å². The zero-order valence-electron chi connectivity index (χ0n) is 14.6. The fourth-order valence-corrected chi connectivity index (χ4v) is 3.22. The molecule has 0 unspecified atom stereocenters. The Kier molecular flexibility index (Phi) is 3.70. The van der Waals surface area contributed by atoms with Gasteiger partial charge in [-0.15, -0.1) is 0 Å². The number of hydrogen-bond acceptors (Lipinski definition) is 6. The number of ether oxygens (including phenoxy) is 1. The zero-order valence-corrected chi connectivity index (χ0v) is 14.6. The van der Waals surface area contributed by atoms with Crippen LogP contribution >= 0.6 is 0 Å². The van der Waals surface area contributed by atoms with Crippen molar-refractivity contribution in [2.45, 2.75) is 6.92 Å². The molecule has 0 aromatic heterocycles. The SMILES string of the molecule is COc1cc(-c2c3cc(O)c(=O)cc-3oc3cc(O)c(O)cc23)ccc1C. The molecule has 0 saturated heterocycles. The van der Waals surface area contributed by atoms with E-state index in [0.717, 1.165) is 11.1 Å². The number of aromatic hydroxyl groups is 3. The Morgan fingerprint density at radius 2 is 1.67 bits per heavy atom. The summed E-state index contributed by atoms with van der Waals surface area (Å²) in [4.78, 5) is 11.9. The van der Waals surface area contributed by atoms with Gasteiger partial charge in [0.1, 0.15) is 17.1 Å². The van der Waals surface area contributed by atoms with E-state index in [-0.39, 0.29) is 22.8 Å². The van der Waals surface area contributed by atoms with Gasteiger partial charge in [-0.05, 0) is 36.2 Å². The topological polar surface area (TPSA) is 100 Å². The van der Waals surface area contributed by atoms with Crippen molar-refractivity contribution >= 4 is 11.0 Å². The summed E-state index contributed by atoms with van der Waals surface area (Å²) < 4.78 is 11.2. The third-order valence-corrected chi connectivity index (χ3v) is 4.59. The lowest BCUT2D eigenvalue weighted by Crippen LogP contribution is -2.01. The van der Waals surface area contributed by atoms with Gasteiger partial charge in [-0.3, -0.25) is 4.79 Å². The van der Waals surface area contributed by atoms with E-state index in [9.17, 15) is 20.1 Å². The van der Waals surface area contributed by atoms with Crippen molar-refractivity contribution in [2.75, 3.05) is 7.11 Å². The van der Waals surface area contributed by atoms with Crippen LogP contribution in [0.25, 0.3) is 33.4 Å². The molecule has 4 rings (SSSR count). The molecule has 2 aromatic carbocycles. The highest BCUT2D eigenvalue weighted by molar-refractivity contribution is 6.03. The van der Waals surface area contributed by atoms with Crippen molar-refractivity contribution in [1.29, 1.82) is 0 Å². The first-order valence-corrected chi connectivity index (χ1v) is 8.19. The predicted octanol–water partition coefficient (Wildman–Crippen LogP) is 4.00. The molecule has 2 aromatic rings. The molecule has 3 N–H and O–H groups in total. The number of hydrogen-bond donors (Lipinski definition) is 3. The molecule has 0 amide bonds. The van der Waals surface area contributed by atoms with Gasteiger partial charge in [0.15, 0.2) is 17.2 Å². The Hall–Kier alpha value is -3.67. The van der Waals surface area contributed by atoms with Gasteiger partial charge in [-0.25, -0.2) is 0 Å². The first-order valence-electron chi connectivity index (χ1n) is 8.19. The maximum atomic E-state index is 11.9. The van der Waals surface area contributed by atoms with Gasteiger partial charge in [-0.2, -0.15) is 0 Å². The lowest BCUT2D eigenvalue weighted by molar-refractivity contribution is 0.404. The van der Waals surface area contributed by atoms with Crippen molar-refractivity contribution in [2.24, 2.45) is 0 Å². The number of fused-ring (bicyclic) bond motifs is 2. The standard InChI is InChI=1S/C21H16O6/c1-10-3-4-11(5-18(10)26-2)21-12-6-14(22)16(24)8-19(12)27-20-9-17(25)15(23)7-13(20)21/h3-9,22-24H,1-2H3. The van der Waals surface area contributed by atoms with Crippen LogP contribution in [0.5, 0.6) is 23.0 Å². The summed E-state index contributed by atoms with van der Waals surface area (Å²) in [6.45, 7) is 1.92. The molecule has 2 aliphatic rings. The van der Waals surface area contributed by atoms with E-state index < -0.39 is 11.2 Å². The average molecular weight is 364 g/mol. The Morgan fingerprint density at radius 1 is 0.926 bits per heavy atom. The molecule has 0 radical (unpaired) electrons. The van der Waals surface area contributed by atoms with Gasteiger partial charge in [0.2, 0.25) is 5.43 Å². The maximum absolute atomic E-state index is 11.9. The summed E-state index contributed by atoms with van der Waals surface area (Å²) in [5.41, 5.74) is 2.54. The van der Waals surface area contributed by atoms with Gasteiger partial charge in [0.05, 0.1) is 7.11 Å². The Bertz CT molecular complexity index is 1220. The summed E-state index contributed by atoms with van der Waals surface area (Å²) >= 11 is 0. The van der Waals surface area contributed by atoms with Crippen LogP contribution in [-0.4, -0.2) is 22.4 Å². The molecule has 1 heterocycles. The van der Waals surface area contributed by atoms with Crippen LogP contribution in [0.4, 0.5) is 0 Å². The van der Waals surface area contributed by atoms with Crippen LogP contribution in [0.1, 0.15) is 5.56 Å². The van der Waals surface area contributed by atoms with Crippen molar-refractivity contribution in [3.63, 3.8) is 0 Å². The normalized spacial score (nSPS) is 11.2. The molecular weight excluding hydrogens is 348 g/mol. The minimum Gasteiger partial charge on any atom is -0.504 e. The molecule has 0 atom stereocenters.